The average Bonchev–Trinajstić information content (AvgIpc) is 3.00. The van der Waals surface area contributed by atoms with E-state index in [-0.39, 0.29) is 17.8 Å². The Morgan fingerprint density at radius 1 is 1.30 bits per heavy atom. The molecule has 6 nitrogen and oxygen atoms in total. The molecule has 0 unspecified atom stereocenters. The Bertz CT molecular complexity index is 763. The standard InChI is InChI=1S/C17H21N3O3/c21-15-11-19-20(14-6-2-1-5-13(14)15)10-7-16(22)18-12-17(23)8-3-4-9-17/h1-2,5-6,11,23H,3-4,7-10,12H2,(H,18,22). The molecule has 3 rings (SSSR count). The molecule has 0 bridgehead atoms. The highest BCUT2D eigenvalue weighted by atomic mass is 16.3. The van der Waals surface area contributed by atoms with Crippen molar-refractivity contribution in [2.45, 2.75) is 44.2 Å². The lowest BCUT2D eigenvalue weighted by Gasteiger charge is -2.22. The third-order valence-electron chi connectivity index (χ3n) is 4.46. The molecule has 1 aromatic heterocycles. The van der Waals surface area contributed by atoms with Gasteiger partial charge >= 0.3 is 0 Å². The molecule has 2 aromatic rings. The number of hydrogen-bond donors (Lipinski definition) is 2. The first-order valence-corrected chi connectivity index (χ1v) is 8.01. The topological polar surface area (TPSA) is 84.2 Å². The summed E-state index contributed by atoms with van der Waals surface area (Å²) in [5.41, 5.74) is -0.134. The normalized spacial score (nSPS) is 16.6. The second-order valence-electron chi connectivity index (χ2n) is 6.21. The van der Waals surface area contributed by atoms with Crippen LogP contribution >= 0.6 is 0 Å². The molecule has 6 heteroatoms. The molecule has 0 aliphatic heterocycles. The summed E-state index contributed by atoms with van der Waals surface area (Å²) in [6.07, 6.45) is 5.06. The lowest BCUT2D eigenvalue weighted by molar-refractivity contribution is -0.122. The van der Waals surface area contributed by atoms with Gasteiger partial charge in [0, 0.05) is 18.4 Å². The number of para-hydroxylation sites is 1. The Hall–Kier alpha value is -2.21. The van der Waals surface area contributed by atoms with Crippen LogP contribution in [0.3, 0.4) is 0 Å². The van der Waals surface area contributed by atoms with Gasteiger partial charge in [-0.05, 0) is 25.0 Å². The van der Waals surface area contributed by atoms with Crippen LogP contribution < -0.4 is 10.7 Å². The zero-order valence-corrected chi connectivity index (χ0v) is 13.0. The van der Waals surface area contributed by atoms with E-state index in [0.717, 1.165) is 31.2 Å². The predicted octanol–water partition coefficient (Wildman–Crippen LogP) is 1.21. The number of carbonyl (C=O) groups is 1. The summed E-state index contributed by atoms with van der Waals surface area (Å²) in [4.78, 5) is 23.8. The van der Waals surface area contributed by atoms with Gasteiger partial charge in [0.15, 0.2) is 0 Å². The number of rotatable bonds is 5. The molecule has 1 fully saturated rings. The summed E-state index contributed by atoms with van der Waals surface area (Å²) >= 11 is 0. The Balaban J connectivity index is 1.61. The lowest BCUT2D eigenvalue weighted by atomic mass is 10.0. The van der Waals surface area contributed by atoms with E-state index < -0.39 is 5.60 Å². The highest BCUT2D eigenvalue weighted by Gasteiger charge is 2.31. The number of amides is 1. The first-order valence-electron chi connectivity index (χ1n) is 8.01. The first-order chi connectivity index (χ1) is 11.1. The maximum Gasteiger partial charge on any atom is 0.221 e. The number of benzene rings is 1. The Labute approximate surface area is 134 Å². The van der Waals surface area contributed by atoms with Gasteiger partial charge in [0.05, 0.1) is 23.9 Å². The predicted molar refractivity (Wildman–Crippen MR) is 87.0 cm³/mol. The molecule has 122 valence electrons. The number of nitrogens with one attached hydrogen (secondary N) is 1. The Kier molecular flexibility index (Phi) is 4.43. The largest absolute Gasteiger partial charge is 0.388 e. The maximum absolute atomic E-state index is 12.0. The van der Waals surface area contributed by atoms with E-state index in [1.807, 2.05) is 18.2 Å². The van der Waals surface area contributed by atoms with E-state index in [9.17, 15) is 14.7 Å². The van der Waals surface area contributed by atoms with Crippen molar-refractivity contribution in [1.82, 2.24) is 15.1 Å². The third kappa shape index (κ3) is 3.59. The number of hydrogen-bond acceptors (Lipinski definition) is 4. The monoisotopic (exact) mass is 315 g/mol. The molecule has 0 radical (unpaired) electrons. The molecule has 23 heavy (non-hydrogen) atoms. The minimum absolute atomic E-state index is 0.116. The molecule has 0 saturated heterocycles. The quantitative estimate of drug-likeness (QED) is 0.868. The van der Waals surface area contributed by atoms with Crippen molar-refractivity contribution >= 4 is 16.8 Å². The number of fused-ring (bicyclic) bond motifs is 1. The number of aliphatic hydroxyl groups is 1. The molecule has 1 aliphatic rings. The zero-order valence-electron chi connectivity index (χ0n) is 13.0. The van der Waals surface area contributed by atoms with Crippen LogP contribution in [0.25, 0.3) is 10.9 Å². The fourth-order valence-corrected chi connectivity index (χ4v) is 3.11. The molecule has 1 amide bonds. The van der Waals surface area contributed by atoms with Gasteiger partial charge in [-0.1, -0.05) is 25.0 Å². The molecular weight excluding hydrogens is 294 g/mol. The highest BCUT2D eigenvalue weighted by molar-refractivity contribution is 5.79. The third-order valence-corrected chi connectivity index (χ3v) is 4.46. The Morgan fingerprint density at radius 3 is 2.83 bits per heavy atom. The summed E-state index contributed by atoms with van der Waals surface area (Å²) in [5, 5.41) is 17.7. The molecule has 1 saturated carbocycles. The van der Waals surface area contributed by atoms with Crippen molar-refractivity contribution < 1.29 is 9.90 Å². The Morgan fingerprint density at radius 2 is 2.04 bits per heavy atom. The van der Waals surface area contributed by atoms with Crippen LogP contribution in [0, 0.1) is 0 Å². The fraction of sp³-hybridized carbons (Fsp3) is 0.471. The second kappa shape index (κ2) is 6.50. The van der Waals surface area contributed by atoms with Gasteiger partial charge in [0.1, 0.15) is 0 Å². The van der Waals surface area contributed by atoms with Crippen LogP contribution in [-0.4, -0.2) is 32.9 Å². The van der Waals surface area contributed by atoms with E-state index in [1.165, 1.54) is 6.20 Å². The van der Waals surface area contributed by atoms with Crippen molar-refractivity contribution in [3.63, 3.8) is 0 Å². The smallest absolute Gasteiger partial charge is 0.221 e. The number of nitrogens with zero attached hydrogens (tertiary/aromatic N) is 2. The lowest BCUT2D eigenvalue weighted by Crippen LogP contribution is -2.41. The number of carbonyl (C=O) groups excluding carboxylic acids is 1. The summed E-state index contributed by atoms with van der Waals surface area (Å²) in [6, 6.07) is 7.23. The van der Waals surface area contributed by atoms with Gasteiger partial charge < -0.3 is 10.4 Å². The van der Waals surface area contributed by atoms with Gasteiger partial charge in [0.25, 0.3) is 0 Å². The van der Waals surface area contributed by atoms with Crippen LogP contribution in [0.4, 0.5) is 0 Å². The molecule has 1 heterocycles. The maximum atomic E-state index is 12.0. The van der Waals surface area contributed by atoms with Crippen molar-refractivity contribution in [3.8, 4) is 0 Å². The fourth-order valence-electron chi connectivity index (χ4n) is 3.11. The number of aromatic nitrogens is 2. The van der Waals surface area contributed by atoms with Gasteiger partial charge in [-0.15, -0.1) is 0 Å². The molecule has 2 N–H and O–H groups in total. The van der Waals surface area contributed by atoms with Gasteiger partial charge in [0.2, 0.25) is 11.3 Å². The minimum Gasteiger partial charge on any atom is -0.388 e. The van der Waals surface area contributed by atoms with Crippen LogP contribution in [0.5, 0.6) is 0 Å². The second-order valence-corrected chi connectivity index (χ2v) is 6.21. The van der Waals surface area contributed by atoms with Crippen LogP contribution in [0.1, 0.15) is 32.1 Å². The summed E-state index contributed by atoms with van der Waals surface area (Å²) in [7, 11) is 0. The van der Waals surface area contributed by atoms with Gasteiger partial charge in [-0.3, -0.25) is 14.3 Å². The number of aryl methyl sites for hydroxylation is 1. The summed E-state index contributed by atoms with van der Waals surface area (Å²) in [6.45, 7) is 0.704. The van der Waals surface area contributed by atoms with Crippen molar-refractivity contribution in [2.24, 2.45) is 0 Å². The molecular formula is C17H21N3O3. The van der Waals surface area contributed by atoms with Crippen molar-refractivity contribution in [2.75, 3.05) is 6.54 Å². The van der Waals surface area contributed by atoms with Crippen molar-refractivity contribution in [1.29, 1.82) is 0 Å². The van der Waals surface area contributed by atoms with E-state index in [4.69, 9.17) is 0 Å². The summed E-state index contributed by atoms with van der Waals surface area (Å²) in [5.74, 6) is -0.116. The SMILES string of the molecule is O=C(CCn1ncc(=O)c2ccccc21)NCC1(O)CCCC1. The van der Waals surface area contributed by atoms with E-state index >= 15 is 0 Å². The highest BCUT2D eigenvalue weighted by Crippen LogP contribution is 2.28. The van der Waals surface area contributed by atoms with E-state index in [2.05, 4.69) is 10.4 Å². The van der Waals surface area contributed by atoms with E-state index in [1.54, 1.807) is 10.7 Å². The average molecular weight is 315 g/mol. The van der Waals surface area contributed by atoms with Crippen LogP contribution in [0.2, 0.25) is 0 Å². The van der Waals surface area contributed by atoms with Crippen LogP contribution in [-0.2, 0) is 11.3 Å². The van der Waals surface area contributed by atoms with Gasteiger partial charge in [-0.25, -0.2) is 0 Å². The first kappa shape index (κ1) is 15.7. The summed E-state index contributed by atoms with van der Waals surface area (Å²) < 4.78 is 1.67. The van der Waals surface area contributed by atoms with E-state index in [0.29, 0.717) is 18.5 Å². The molecule has 1 aliphatic carbocycles. The molecule has 0 spiro atoms. The molecule has 1 aromatic carbocycles. The zero-order chi connectivity index (χ0) is 16.3. The van der Waals surface area contributed by atoms with Crippen LogP contribution in [0.15, 0.2) is 35.3 Å². The minimum atomic E-state index is -0.738. The van der Waals surface area contributed by atoms with Gasteiger partial charge in [-0.2, -0.15) is 5.10 Å². The van der Waals surface area contributed by atoms with Crippen molar-refractivity contribution in [3.05, 3.63) is 40.7 Å². The molecule has 0 atom stereocenters.